The Morgan fingerprint density at radius 3 is 2.71 bits per heavy atom. The van der Waals surface area contributed by atoms with Gasteiger partial charge in [0.2, 0.25) is 5.91 Å². The van der Waals surface area contributed by atoms with Crippen LogP contribution in [0.3, 0.4) is 0 Å². The Morgan fingerprint density at radius 2 is 2.00 bits per heavy atom. The van der Waals surface area contributed by atoms with Gasteiger partial charge in [0.1, 0.15) is 5.82 Å². The van der Waals surface area contributed by atoms with Gasteiger partial charge in [0.15, 0.2) is 0 Å². The van der Waals surface area contributed by atoms with Crippen molar-refractivity contribution in [3.8, 4) is 0 Å². The molecule has 2 rings (SSSR count). The third kappa shape index (κ3) is 4.97. The number of methoxy groups -OCH3 is 1. The Hall–Kier alpha value is -2.05. The highest BCUT2D eigenvalue weighted by Gasteiger charge is 2.12. The minimum absolute atomic E-state index is 0.157. The van der Waals surface area contributed by atoms with E-state index in [0.717, 1.165) is 0 Å². The number of rotatable bonds is 6. The van der Waals surface area contributed by atoms with Gasteiger partial charge in [-0.1, -0.05) is 29.8 Å². The highest BCUT2D eigenvalue weighted by molar-refractivity contribution is 7.99. The van der Waals surface area contributed by atoms with Crippen molar-refractivity contribution >= 4 is 40.9 Å². The van der Waals surface area contributed by atoms with Crippen LogP contribution in [-0.4, -0.2) is 24.7 Å². The molecule has 0 atom stereocenters. The summed E-state index contributed by atoms with van der Waals surface area (Å²) in [6, 6.07) is 11.0. The van der Waals surface area contributed by atoms with E-state index in [1.807, 2.05) is 0 Å². The second-order valence-electron chi connectivity index (χ2n) is 4.82. The smallest absolute Gasteiger partial charge is 0.339 e. The number of anilines is 1. The third-order valence-electron chi connectivity index (χ3n) is 3.10. The van der Waals surface area contributed by atoms with Crippen LogP contribution in [0.25, 0.3) is 0 Å². The summed E-state index contributed by atoms with van der Waals surface area (Å²) < 4.78 is 18.1. The van der Waals surface area contributed by atoms with Gasteiger partial charge in [-0.2, -0.15) is 0 Å². The standard InChI is InChI=1S/C17H15ClFNO3S/c1-23-17(22)13-8-12(6-7-14(13)18)20-16(21)10-24-9-11-4-2-3-5-15(11)19/h2-8H,9-10H2,1H3,(H,20,21). The molecule has 1 N–H and O–H groups in total. The van der Waals surface area contributed by atoms with Crippen LogP contribution in [-0.2, 0) is 15.3 Å². The lowest BCUT2D eigenvalue weighted by Gasteiger charge is -2.08. The van der Waals surface area contributed by atoms with Gasteiger partial charge in [0.05, 0.1) is 23.4 Å². The zero-order valence-corrected chi connectivity index (χ0v) is 14.4. The van der Waals surface area contributed by atoms with E-state index in [1.54, 1.807) is 24.3 Å². The summed E-state index contributed by atoms with van der Waals surface area (Å²) in [5.41, 5.74) is 1.17. The zero-order chi connectivity index (χ0) is 17.5. The van der Waals surface area contributed by atoms with E-state index in [0.29, 0.717) is 17.0 Å². The SMILES string of the molecule is COC(=O)c1cc(NC(=O)CSCc2ccccc2F)ccc1Cl. The van der Waals surface area contributed by atoms with Crippen molar-refractivity contribution in [3.05, 3.63) is 64.4 Å². The fraction of sp³-hybridized carbons (Fsp3) is 0.176. The first-order chi connectivity index (χ1) is 11.5. The first kappa shape index (κ1) is 18.3. The van der Waals surface area contributed by atoms with Crippen molar-refractivity contribution in [1.29, 1.82) is 0 Å². The Morgan fingerprint density at radius 1 is 1.25 bits per heavy atom. The van der Waals surface area contributed by atoms with Crippen molar-refractivity contribution in [1.82, 2.24) is 0 Å². The average Bonchev–Trinajstić information content (AvgIpc) is 2.57. The molecule has 1 amide bonds. The molecule has 4 nitrogen and oxygen atoms in total. The maximum absolute atomic E-state index is 13.5. The molecule has 0 spiro atoms. The van der Waals surface area contributed by atoms with Crippen LogP contribution in [0, 0.1) is 5.82 Å². The Balaban J connectivity index is 1.91. The molecule has 0 aliphatic rings. The molecule has 0 aliphatic carbocycles. The van der Waals surface area contributed by atoms with E-state index >= 15 is 0 Å². The van der Waals surface area contributed by atoms with Crippen molar-refractivity contribution in [2.75, 3.05) is 18.2 Å². The molecule has 24 heavy (non-hydrogen) atoms. The molecule has 0 radical (unpaired) electrons. The number of halogens is 2. The van der Waals surface area contributed by atoms with Crippen LogP contribution < -0.4 is 5.32 Å². The number of esters is 1. The fourth-order valence-corrected chi connectivity index (χ4v) is 2.94. The summed E-state index contributed by atoms with van der Waals surface area (Å²) >= 11 is 7.22. The lowest BCUT2D eigenvalue weighted by Crippen LogP contribution is -2.15. The van der Waals surface area contributed by atoms with Crippen molar-refractivity contribution in [2.24, 2.45) is 0 Å². The number of carbonyl (C=O) groups excluding carboxylic acids is 2. The number of hydrogen-bond acceptors (Lipinski definition) is 4. The van der Waals surface area contributed by atoms with E-state index in [4.69, 9.17) is 11.6 Å². The summed E-state index contributed by atoms with van der Waals surface area (Å²) in [4.78, 5) is 23.5. The van der Waals surface area contributed by atoms with Crippen LogP contribution in [0.15, 0.2) is 42.5 Å². The van der Waals surface area contributed by atoms with E-state index in [-0.39, 0.29) is 28.1 Å². The molecule has 0 heterocycles. The van der Waals surface area contributed by atoms with Crippen molar-refractivity contribution in [3.63, 3.8) is 0 Å². The van der Waals surface area contributed by atoms with Crippen molar-refractivity contribution < 1.29 is 18.7 Å². The van der Waals surface area contributed by atoms with Crippen LogP contribution in [0.4, 0.5) is 10.1 Å². The molecule has 2 aromatic rings. The van der Waals surface area contributed by atoms with Gasteiger partial charge in [0.25, 0.3) is 0 Å². The van der Waals surface area contributed by atoms with Gasteiger partial charge in [0, 0.05) is 11.4 Å². The molecule has 0 unspecified atom stereocenters. The average molecular weight is 368 g/mol. The number of nitrogens with one attached hydrogen (secondary N) is 1. The molecular weight excluding hydrogens is 353 g/mol. The zero-order valence-electron chi connectivity index (χ0n) is 12.8. The number of benzene rings is 2. The molecule has 126 valence electrons. The molecule has 7 heteroatoms. The van der Waals surface area contributed by atoms with Crippen molar-refractivity contribution in [2.45, 2.75) is 5.75 Å². The maximum atomic E-state index is 13.5. The van der Waals surface area contributed by atoms with Crippen LogP contribution >= 0.6 is 23.4 Å². The molecule has 0 bridgehead atoms. The van der Waals surface area contributed by atoms with Gasteiger partial charge in [-0.25, -0.2) is 9.18 Å². The normalized spacial score (nSPS) is 10.3. The summed E-state index contributed by atoms with van der Waals surface area (Å²) in [5, 5.41) is 2.91. The Kier molecular flexibility index (Phi) is 6.63. The molecule has 0 aromatic heterocycles. The number of ether oxygens (including phenoxy) is 1. The lowest BCUT2D eigenvalue weighted by molar-refractivity contribution is -0.113. The molecule has 0 saturated heterocycles. The van der Waals surface area contributed by atoms with Crippen LogP contribution in [0.5, 0.6) is 0 Å². The largest absolute Gasteiger partial charge is 0.465 e. The quantitative estimate of drug-likeness (QED) is 0.780. The maximum Gasteiger partial charge on any atom is 0.339 e. The predicted molar refractivity (Wildman–Crippen MR) is 94.0 cm³/mol. The molecule has 0 aliphatic heterocycles. The topological polar surface area (TPSA) is 55.4 Å². The number of amides is 1. The highest BCUT2D eigenvalue weighted by atomic mass is 35.5. The lowest BCUT2D eigenvalue weighted by atomic mass is 10.2. The highest BCUT2D eigenvalue weighted by Crippen LogP contribution is 2.22. The second-order valence-corrected chi connectivity index (χ2v) is 6.21. The van der Waals surface area contributed by atoms with Gasteiger partial charge < -0.3 is 10.1 Å². The number of carbonyl (C=O) groups is 2. The van der Waals surface area contributed by atoms with Gasteiger partial charge in [-0.05, 0) is 29.8 Å². The van der Waals surface area contributed by atoms with Gasteiger partial charge >= 0.3 is 5.97 Å². The van der Waals surface area contributed by atoms with E-state index in [9.17, 15) is 14.0 Å². The summed E-state index contributed by atoms with van der Waals surface area (Å²) in [6.45, 7) is 0. The predicted octanol–water partition coefficient (Wildman–Crippen LogP) is 4.14. The fourth-order valence-electron chi connectivity index (χ4n) is 1.94. The molecule has 0 saturated carbocycles. The third-order valence-corrected chi connectivity index (χ3v) is 4.42. The van der Waals surface area contributed by atoms with Gasteiger partial charge in [-0.15, -0.1) is 11.8 Å². The first-order valence-corrected chi connectivity index (χ1v) is 8.53. The van der Waals surface area contributed by atoms with E-state index < -0.39 is 5.97 Å². The Labute approximate surface area is 148 Å². The summed E-state index contributed by atoms with van der Waals surface area (Å²) in [5.74, 6) is -0.566. The minimum Gasteiger partial charge on any atom is -0.465 e. The number of thioether (sulfide) groups is 1. The monoisotopic (exact) mass is 367 g/mol. The van der Waals surface area contributed by atoms with Crippen LogP contribution in [0.2, 0.25) is 5.02 Å². The molecular formula is C17H15ClFNO3S. The summed E-state index contributed by atoms with van der Waals surface area (Å²) in [6.07, 6.45) is 0. The first-order valence-electron chi connectivity index (χ1n) is 7.00. The summed E-state index contributed by atoms with van der Waals surface area (Å²) in [7, 11) is 1.25. The molecule has 0 fully saturated rings. The van der Waals surface area contributed by atoms with E-state index in [2.05, 4.69) is 10.1 Å². The second kappa shape index (κ2) is 8.70. The number of hydrogen-bond donors (Lipinski definition) is 1. The molecule has 2 aromatic carbocycles. The van der Waals surface area contributed by atoms with Crippen LogP contribution in [0.1, 0.15) is 15.9 Å². The van der Waals surface area contributed by atoms with E-state index in [1.165, 1.54) is 37.1 Å². The van der Waals surface area contributed by atoms with Gasteiger partial charge in [-0.3, -0.25) is 4.79 Å². The minimum atomic E-state index is -0.579. The Bertz CT molecular complexity index is 754.